The first kappa shape index (κ1) is 17.4. The van der Waals surface area contributed by atoms with Crippen LogP contribution in [0.4, 0.5) is 5.00 Å². The molecule has 1 aliphatic carbocycles. The number of primary amides is 1. The third-order valence-electron chi connectivity index (χ3n) is 5.12. The number of carbonyl (C=O) groups is 2. The molecule has 1 aromatic rings. The van der Waals surface area contributed by atoms with E-state index in [1.165, 1.54) is 22.6 Å². The number of thiophene rings is 1. The van der Waals surface area contributed by atoms with Gasteiger partial charge in [-0.15, -0.1) is 11.3 Å². The lowest BCUT2D eigenvalue weighted by molar-refractivity contribution is -0.117. The van der Waals surface area contributed by atoms with Gasteiger partial charge in [0.2, 0.25) is 5.91 Å². The third-order valence-corrected chi connectivity index (χ3v) is 6.29. The number of nitrogens with zero attached hydrogens (tertiary/aromatic N) is 1. The number of amides is 2. The van der Waals surface area contributed by atoms with Gasteiger partial charge in [0.1, 0.15) is 5.00 Å². The zero-order valence-corrected chi connectivity index (χ0v) is 15.4. The fraction of sp³-hybridized carbons (Fsp3) is 0.667. The van der Waals surface area contributed by atoms with Crippen LogP contribution in [0.5, 0.6) is 0 Å². The van der Waals surface area contributed by atoms with Gasteiger partial charge < -0.3 is 11.1 Å². The van der Waals surface area contributed by atoms with Crippen LogP contribution in [-0.4, -0.2) is 36.3 Å². The number of fused-ring (bicyclic) bond motifs is 1. The summed E-state index contributed by atoms with van der Waals surface area (Å²) in [5.74, 6) is 0.792. The van der Waals surface area contributed by atoms with E-state index >= 15 is 0 Å². The molecule has 132 valence electrons. The Hall–Kier alpha value is -1.40. The summed E-state index contributed by atoms with van der Waals surface area (Å²) in [7, 11) is 0. The molecule has 1 saturated heterocycles. The first-order valence-corrected chi connectivity index (χ1v) is 9.72. The number of likely N-dealkylation sites (tertiary alicyclic amines) is 1. The van der Waals surface area contributed by atoms with Crippen molar-refractivity contribution in [3.63, 3.8) is 0 Å². The highest BCUT2D eigenvalue weighted by molar-refractivity contribution is 7.17. The molecular weight excluding hydrogens is 322 g/mol. The van der Waals surface area contributed by atoms with E-state index in [9.17, 15) is 9.59 Å². The maximum atomic E-state index is 12.4. The van der Waals surface area contributed by atoms with Crippen LogP contribution in [0.1, 0.15) is 53.9 Å². The fourth-order valence-corrected chi connectivity index (χ4v) is 5.33. The number of rotatable bonds is 4. The van der Waals surface area contributed by atoms with E-state index < -0.39 is 5.91 Å². The molecule has 1 aliphatic heterocycles. The number of anilines is 1. The Labute approximate surface area is 147 Å². The molecule has 0 spiro atoms. The number of nitrogens with one attached hydrogen (secondary N) is 1. The average Bonchev–Trinajstić information content (AvgIpc) is 2.83. The second-order valence-corrected chi connectivity index (χ2v) is 8.56. The average molecular weight is 350 g/mol. The molecule has 0 bridgehead atoms. The van der Waals surface area contributed by atoms with Crippen LogP contribution in [0.2, 0.25) is 0 Å². The Morgan fingerprint density at radius 1 is 1.29 bits per heavy atom. The molecule has 0 saturated carbocycles. The predicted octanol–water partition coefficient (Wildman–Crippen LogP) is 2.64. The molecule has 2 atom stereocenters. The summed E-state index contributed by atoms with van der Waals surface area (Å²) in [5.41, 5.74) is 7.21. The van der Waals surface area contributed by atoms with Crippen molar-refractivity contribution in [3.8, 4) is 0 Å². The van der Waals surface area contributed by atoms with Crippen molar-refractivity contribution in [2.24, 2.45) is 17.6 Å². The van der Waals surface area contributed by atoms with Crippen molar-refractivity contribution in [3.05, 3.63) is 16.0 Å². The quantitative estimate of drug-likeness (QED) is 0.877. The van der Waals surface area contributed by atoms with Gasteiger partial charge in [-0.25, -0.2) is 0 Å². The van der Waals surface area contributed by atoms with Crippen molar-refractivity contribution in [2.45, 2.75) is 46.0 Å². The Morgan fingerprint density at radius 2 is 2.08 bits per heavy atom. The van der Waals surface area contributed by atoms with E-state index in [0.29, 0.717) is 28.9 Å². The number of carbonyl (C=O) groups excluding carboxylic acids is 2. The lowest BCUT2D eigenvalue weighted by atomic mass is 9.88. The highest BCUT2D eigenvalue weighted by Gasteiger charge is 2.27. The van der Waals surface area contributed by atoms with E-state index in [4.69, 9.17) is 5.73 Å². The molecule has 0 radical (unpaired) electrons. The van der Waals surface area contributed by atoms with Crippen molar-refractivity contribution < 1.29 is 9.59 Å². The van der Waals surface area contributed by atoms with Crippen LogP contribution in [-0.2, 0) is 17.6 Å². The molecule has 5 nitrogen and oxygen atoms in total. The lowest BCUT2D eigenvalue weighted by Crippen LogP contribution is -2.39. The minimum Gasteiger partial charge on any atom is -0.365 e. The molecule has 3 rings (SSSR count). The number of piperidine rings is 1. The van der Waals surface area contributed by atoms with Gasteiger partial charge >= 0.3 is 0 Å². The van der Waals surface area contributed by atoms with Gasteiger partial charge in [-0.1, -0.05) is 13.8 Å². The summed E-state index contributed by atoms with van der Waals surface area (Å²) in [5, 5.41) is 3.61. The van der Waals surface area contributed by atoms with Crippen LogP contribution < -0.4 is 11.1 Å². The maximum Gasteiger partial charge on any atom is 0.251 e. The van der Waals surface area contributed by atoms with E-state index in [1.807, 2.05) is 0 Å². The Balaban J connectivity index is 1.72. The second-order valence-electron chi connectivity index (χ2n) is 7.45. The van der Waals surface area contributed by atoms with Crippen molar-refractivity contribution in [1.82, 2.24) is 4.90 Å². The van der Waals surface area contributed by atoms with Gasteiger partial charge in [-0.2, -0.15) is 0 Å². The first-order valence-electron chi connectivity index (χ1n) is 8.90. The van der Waals surface area contributed by atoms with E-state index in [2.05, 4.69) is 24.1 Å². The summed E-state index contributed by atoms with van der Waals surface area (Å²) in [6.45, 7) is 6.78. The van der Waals surface area contributed by atoms with E-state index in [1.54, 1.807) is 0 Å². The molecule has 2 aliphatic rings. The number of nitrogens with two attached hydrogens (primary N) is 1. The number of hydrogen-bond acceptors (Lipinski definition) is 4. The first-order chi connectivity index (χ1) is 11.4. The summed E-state index contributed by atoms with van der Waals surface area (Å²) in [6, 6.07) is 0. The van der Waals surface area contributed by atoms with Crippen molar-refractivity contribution in [2.75, 3.05) is 25.0 Å². The molecule has 1 aromatic heterocycles. The summed E-state index contributed by atoms with van der Waals surface area (Å²) in [4.78, 5) is 27.8. The van der Waals surface area contributed by atoms with Gasteiger partial charge in [0.05, 0.1) is 12.1 Å². The molecule has 2 amide bonds. The molecule has 24 heavy (non-hydrogen) atoms. The molecule has 3 N–H and O–H groups in total. The molecule has 6 heteroatoms. The second kappa shape index (κ2) is 7.23. The summed E-state index contributed by atoms with van der Waals surface area (Å²) < 4.78 is 0. The standard InChI is InChI=1S/C18H27N3O2S/c1-11-5-6-13-14(8-11)24-18(16(13)17(19)23)20-15(22)10-21-7-3-4-12(2)9-21/h11-12H,3-10H2,1-2H3,(H2,19,23)(H,20,22)/t11-,12+/m1/s1. The Bertz CT molecular complexity index is 640. The van der Waals surface area contributed by atoms with E-state index in [-0.39, 0.29) is 5.91 Å². The molecular formula is C18H27N3O2S. The zero-order chi connectivity index (χ0) is 17.3. The van der Waals surface area contributed by atoms with Crippen LogP contribution in [0.25, 0.3) is 0 Å². The van der Waals surface area contributed by atoms with Crippen LogP contribution in [0.15, 0.2) is 0 Å². The van der Waals surface area contributed by atoms with Gasteiger partial charge in [0, 0.05) is 11.4 Å². The van der Waals surface area contributed by atoms with Gasteiger partial charge in [0.25, 0.3) is 5.91 Å². The maximum absolute atomic E-state index is 12.4. The van der Waals surface area contributed by atoms with Gasteiger partial charge in [-0.05, 0) is 56.0 Å². The number of hydrogen-bond donors (Lipinski definition) is 2. The monoisotopic (exact) mass is 349 g/mol. The Morgan fingerprint density at radius 3 is 2.79 bits per heavy atom. The third kappa shape index (κ3) is 3.81. The molecule has 2 heterocycles. The highest BCUT2D eigenvalue weighted by Crippen LogP contribution is 2.39. The lowest BCUT2D eigenvalue weighted by Gasteiger charge is -2.30. The summed E-state index contributed by atoms with van der Waals surface area (Å²) in [6.07, 6.45) is 5.31. The summed E-state index contributed by atoms with van der Waals surface area (Å²) >= 11 is 1.53. The predicted molar refractivity (Wildman–Crippen MR) is 97.5 cm³/mol. The molecule has 0 unspecified atom stereocenters. The Kier molecular flexibility index (Phi) is 5.25. The van der Waals surface area contributed by atoms with Crippen LogP contribution in [0.3, 0.4) is 0 Å². The molecule has 1 fully saturated rings. The zero-order valence-electron chi connectivity index (χ0n) is 14.6. The van der Waals surface area contributed by atoms with Crippen LogP contribution >= 0.6 is 11.3 Å². The van der Waals surface area contributed by atoms with Crippen molar-refractivity contribution in [1.29, 1.82) is 0 Å². The fourth-order valence-electron chi connectivity index (χ4n) is 3.90. The highest BCUT2D eigenvalue weighted by atomic mass is 32.1. The minimum absolute atomic E-state index is 0.0433. The van der Waals surface area contributed by atoms with Crippen LogP contribution in [0, 0.1) is 11.8 Å². The topological polar surface area (TPSA) is 75.4 Å². The SMILES string of the molecule is C[C@@H]1CCc2c(sc(NC(=O)CN3CCC[C@H](C)C3)c2C(N)=O)C1. The smallest absolute Gasteiger partial charge is 0.251 e. The largest absolute Gasteiger partial charge is 0.365 e. The normalized spacial score (nSPS) is 24.4. The van der Waals surface area contributed by atoms with Gasteiger partial charge in [0.15, 0.2) is 0 Å². The molecule has 0 aromatic carbocycles. The minimum atomic E-state index is -0.427. The van der Waals surface area contributed by atoms with Gasteiger partial charge in [-0.3, -0.25) is 14.5 Å². The van der Waals surface area contributed by atoms with Crippen molar-refractivity contribution >= 4 is 28.2 Å². The van der Waals surface area contributed by atoms with E-state index in [0.717, 1.165) is 44.3 Å².